The van der Waals surface area contributed by atoms with Gasteiger partial charge in [-0.2, -0.15) is 0 Å². The van der Waals surface area contributed by atoms with Gasteiger partial charge in [-0.3, -0.25) is 4.98 Å². The number of benzene rings is 1. The van der Waals surface area contributed by atoms with Crippen molar-refractivity contribution in [2.24, 2.45) is 0 Å². The zero-order valence-corrected chi connectivity index (χ0v) is 18.3. The van der Waals surface area contributed by atoms with Gasteiger partial charge in [-0.05, 0) is 56.0 Å². The summed E-state index contributed by atoms with van der Waals surface area (Å²) in [6.45, 7) is 0. The number of nitrogens with zero attached hydrogens (tertiary/aromatic N) is 1. The molecule has 4 rings (SSSR count). The Morgan fingerprint density at radius 3 is 1.91 bits per heavy atom. The smallest absolute Gasteiger partial charge is 0.329 e. The Morgan fingerprint density at radius 1 is 0.781 bits per heavy atom. The van der Waals surface area contributed by atoms with Crippen LogP contribution in [0.4, 0.5) is 11.4 Å². The molecule has 2 fully saturated rings. The van der Waals surface area contributed by atoms with Gasteiger partial charge in [0.25, 0.3) is 0 Å². The van der Waals surface area contributed by atoms with Crippen molar-refractivity contribution >= 4 is 23.3 Å². The lowest BCUT2D eigenvalue weighted by molar-refractivity contribution is -0.144. The summed E-state index contributed by atoms with van der Waals surface area (Å²) >= 11 is 0. The van der Waals surface area contributed by atoms with Crippen molar-refractivity contribution in [2.75, 3.05) is 10.6 Å². The van der Waals surface area contributed by atoms with E-state index in [1.165, 1.54) is 0 Å². The summed E-state index contributed by atoms with van der Waals surface area (Å²) in [5, 5.41) is 26.6. The molecule has 1 heterocycles. The number of nitrogens with one attached hydrogen (secondary N) is 2. The molecule has 7 nitrogen and oxygen atoms in total. The Kier molecular flexibility index (Phi) is 6.35. The van der Waals surface area contributed by atoms with Crippen LogP contribution in [0.5, 0.6) is 0 Å². The predicted octanol–water partition coefficient (Wildman–Crippen LogP) is 5.15. The molecule has 0 amide bonds. The van der Waals surface area contributed by atoms with Crippen LogP contribution in [-0.4, -0.2) is 38.2 Å². The van der Waals surface area contributed by atoms with Gasteiger partial charge in [0, 0.05) is 23.1 Å². The van der Waals surface area contributed by atoms with Gasteiger partial charge in [0.05, 0.1) is 5.69 Å². The second-order valence-electron chi connectivity index (χ2n) is 9.12. The fraction of sp³-hybridized carbons (Fsp3) is 0.480. The first-order valence-electron chi connectivity index (χ1n) is 11.5. The molecule has 4 N–H and O–H groups in total. The van der Waals surface area contributed by atoms with Crippen molar-refractivity contribution in [3.05, 3.63) is 42.6 Å². The standard InChI is InChI=1S/C25H31N3O4/c29-22(30)24(12-4-1-5-13-24)27-18-10-11-21(19(17-18)20-9-3-8-16-26-20)28-25(23(31)32)14-6-2-7-15-25/h3,8-11,16-17,27-28H,1-2,4-7,12-15H2,(H,29,30)(H,31,32). The molecule has 7 heteroatoms. The third-order valence-electron chi connectivity index (χ3n) is 6.95. The minimum Gasteiger partial charge on any atom is -0.480 e. The normalized spacial score (nSPS) is 19.6. The number of carboxylic acids is 2. The molecule has 0 spiro atoms. The van der Waals surface area contributed by atoms with Crippen LogP contribution in [0.1, 0.15) is 64.2 Å². The first-order chi connectivity index (χ1) is 15.4. The Morgan fingerprint density at radius 2 is 1.38 bits per heavy atom. The molecule has 2 aliphatic carbocycles. The summed E-state index contributed by atoms with van der Waals surface area (Å²) in [5.74, 6) is -1.66. The minimum atomic E-state index is -0.998. The highest BCUT2D eigenvalue weighted by atomic mass is 16.4. The van der Waals surface area contributed by atoms with Crippen molar-refractivity contribution in [2.45, 2.75) is 75.3 Å². The van der Waals surface area contributed by atoms with Gasteiger partial charge < -0.3 is 20.8 Å². The second kappa shape index (κ2) is 9.18. The van der Waals surface area contributed by atoms with Crippen LogP contribution in [0, 0.1) is 0 Å². The lowest BCUT2D eigenvalue weighted by Crippen LogP contribution is -2.48. The van der Waals surface area contributed by atoms with Gasteiger partial charge in [0.2, 0.25) is 0 Å². The lowest BCUT2D eigenvalue weighted by Gasteiger charge is -2.36. The topological polar surface area (TPSA) is 112 Å². The zero-order valence-electron chi connectivity index (χ0n) is 18.3. The van der Waals surface area contributed by atoms with Gasteiger partial charge in [-0.15, -0.1) is 0 Å². The molecule has 0 aliphatic heterocycles. The van der Waals surface area contributed by atoms with Crippen LogP contribution < -0.4 is 10.6 Å². The molecule has 0 saturated heterocycles. The van der Waals surface area contributed by atoms with E-state index in [0.29, 0.717) is 42.8 Å². The van der Waals surface area contributed by atoms with E-state index in [1.807, 2.05) is 36.4 Å². The van der Waals surface area contributed by atoms with E-state index in [2.05, 4.69) is 15.6 Å². The summed E-state index contributed by atoms with van der Waals surface area (Å²) in [7, 11) is 0. The van der Waals surface area contributed by atoms with E-state index in [1.54, 1.807) is 6.20 Å². The molecular formula is C25H31N3O4. The van der Waals surface area contributed by atoms with E-state index < -0.39 is 23.0 Å². The first kappa shape index (κ1) is 22.1. The molecule has 0 radical (unpaired) electrons. The summed E-state index contributed by atoms with van der Waals surface area (Å²) in [4.78, 5) is 28.8. The summed E-state index contributed by atoms with van der Waals surface area (Å²) in [5.41, 5.74) is 0.907. The molecule has 2 saturated carbocycles. The van der Waals surface area contributed by atoms with E-state index in [0.717, 1.165) is 44.1 Å². The van der Waals surface area contributed by atoms with Crippen molar-refractivity contribution in [1.82, 2.24) is 4.98 Å². The highest BCUT2D eigenvalue weighted by Crippen LogP contribution is 2.38. The fourth-order valence-corrected chi connectivity index (χ4v) is 5.09. The average Bonchev–Trinajstić information content (AvgIpc) is 2.82. The van der Waals surface area contributed by atoms with Crippen molar-refractivity contribution in [1.29, 1.82) is 0 Å². The number of hydrogen-bond donors (Lipinski definition) is 4. The monoisotopic (exact) mass is 437 g/mol. The molecule has 2 aliphatic rings. The van der Waals surface area contributed by atoms with Gasteiger partial charge in [0.15, 0.2) is 0 Å². The van der Waals surface area contributed by atoms with Crippen LogP contribution in [0.25, 0.3) is 11.3 Å². The fourth-order valence-electron chi connectivity index (χ4n) is 5.09. The summed E-state index contributed by atoms with van der Waals surface area (Å²) in [6, 6.07) is 11.2. The maximum Gasteiger partial charge on any atom is 0.329 e. The number of carboxylic acid groups (broad SMARTS) is 2. The number of anilines is 2. The zero-order chi connectivity index (χ0) is 22.6. The predicted molar refractivity (Wildman–Crippen MR) is 124 cm³/mol. The third kappa shape index (κ3) is 4.42. The van der Waals surface area contributed by atoms with Crippen LogP contribution in [0.15, 0.2) is 42.6 Å². The number of rotatable bonds is 7. The second-order valence-corrected chi connectivity index (χ2v) is 9.12. The Bertz CT molecular complexity index is 964. The van der Waals surface area contributed by atoms with Crippen LogP contribution in [-0.2, 0) is 9.59 Å². The lowest BCUT2D eigenvalue weighted by atomic mass is 9.81. The first-order valence-corrected chi connectivity index (χ1v) is 11.5. The minimum absolute atomic E-state index is 0.576. The summed E-state index contributed by atoms with van der Waals surface area (Å²) in [6.07, 6.45) is 9.63. The van der Waals surface area contributed by atoms with Crippen LogP contribution in [0.3, 0.4) is 0 Å². The maximum atomic E-state index is 12.2. The van der Waals surface area contributed by atoms with E-state index >= 15 is 0 Å². The maximum absolute atomic E-state index is 12.2. The Hall–Kier alpha value is -3.09. The molecule has 32 heavy (non-hydrogen) atoms. The van der Waals surface area contributed by atoms with Gasteiger partial charge >= 0.3 is 11.9 Å². The molecule has 1 aromatic heterocycles. The van der Waals surface area contributed by atoms with Gasteiger partial charge in [0.1, 0.15) is 11.1 Å². The number of hydrogen-bond acceptors (Lipinski definition) is 5. The molecule has 170 valence electrons. The number of aromatic nitrogens is 1. The average molecular weight is 438 g/mol. The van der Waals surface area contributed by atoms with Crippen molar-refractivity contribution in [3.63, 3.8) is 0 Å². The van der Waals surface area contributed by atoms with Crippen LogP contribution in [0.2, 0.25) is 0 Å². The van der Waals surface area contributed by atoms with E-state index in [4.69, 9.17) is 0 Å². The SMILES string of the molecule is O=C(O)C1(Nc2ccc(NC3(C(=O)O)CCCCC3)c(-c3ccccn3)c2)CCCCC1. The molecule has 0 atom stereocenters. The van der Waals surface area contributed by atoms with E-state index in [9.17, 15) is 19.8 Å². The highest BCUT2D eigenvalue weighted by Gasteiger charge is 2.41. The number of carbonyl (C=O) groups is 2. The molecule has 0 unspecified atom stereocenters. The van der Waals surface area contributed by atoms with Crippen molar-refractivity contribution < 1.29 is 19.8 Å². The number of pyridine rings is 1. The van der Waals surface area contributed by atoms with Crippen LogP contribution >= 0.6 is 0 Å². The Balaban J connectivity index is 1.71. The number of aliphatic carboxylic acids is 2. The molecular weight excluding hydrogens is 406 g/mol. The van der Waals surface area contributed by atoms with E-state index in [-0.39, 0.29) is 0 Å². The molecule has 0 bridgehead atoms. The molecule has 1 aromatic carbocycles. The van der Waals surface area contributed by atoms with Gasteiger partial charge in [-0.25, -0.2) is 9.59 Å². The highest BCUT2D eigenvalue weighted by molar-refractivity contribution is 5.88. The van der Waals surface area contributed by atoms with Gasteiger partial charge in [-0.1, -0.05) is 44.6 Å². The van der Waals surface area contributed by atoms with Crippen molar-refractivity contribution in [3.8, 4) is 11.3 Å². The molecule has 2 aromatic rings. The largest absolute Gasteiger partial charge is 0.480 e. The third-order valence-corrected chi connectivity index (χ3v) is 6.95. The summed E-state index contributed by atoms with van der Waals surface area (Å²) < 4.78 is 0. The quantitative estimate of drug-likeness (QED) is 0.474. The Labute approximate surface area is 188 Å².